The predicted octanol–water partition coefficient (Wildman–Crippen LogP) is -0.602. The van der Waals surface area contributed by atoms with Crippen LogP contribution in [0.25, 0.3) is 0 Å². The third-order valence-corrected chi connectivity index (χ3v) is 5.10. The Hall–Kier alpha value is -1.18. The fourth-order valence-electron chi connectivity index (χ4n) is 3.70. The van der Waals surface area contributed by atoms with Gasteiger partial charge in [-0.15, -0.1) is 0 Å². The summed E-state index contributed by atoms with van der Waals surface area (Å²) in [5.41, 5.74) is 5.03. The van der Waals surface area contributed by atoms with Gasteiger partial charge in [-0.25, -0.2) is 0 Å². The Bertz CT molecular complexity index is 441. The van der Waals surface area contributed by atoms with Crippen LogP contribution in [0.15, 0.2) is 0 Å². The van der Waals surface area contributed by atoms with Gasteiger partial charge in [-0.3, -0.25) is 9.59 Å². The van der Waals surface area contributed by atoms with Gasteiger partial charge in [0.2, 0.25) is 11.8 Å². The first kappa shape index (κ1) is 17.2. The van der Waals surface area contributed by atoms with E-state index in [1.54, 1.807) is 7.11 Å². The Kier molecular flexibility index (Phi) is 5.09. The maximum atomic E-state index is 12.6. The van der Waals surface area contributed by atoms with E-state index in [-0.39, 0.29) is 30.4 Å². The highest BCUT2D eigenvalue weighted by Crippen LogP contribution is 2.57. The molecule has 3 atom stereocenters. The van der Waals surface area contributed by atoms with E-state index in [9.17, 15) is 9.59 Å². The number of rotatable bonds is 6. The van der Waals surface area contributed by atoms with Gasteiger partial charge in [0.25, 0.3) is 0 Å². The Morgan fingerprint density at radius 2 is 2.09 bits per heavy atom. The number of amides is 2. The average molecular weight is 313 g/mol. The normalized spacial score (nSPS) is 32.5. The van der Waals surface area contributed by atoms with E-state index in [0.717, 1.165) is 19.4 Å². The molecule has 1 aliphatic carbocycles. The zero-order valence-electron chi connectivity index (χ0n) is 13.6. The van der Waals surface area contributed by atoms with Crippen molar-refractivity contribution < 1.29 is 19.1 Å². The highest BCUT2D eigenvalue weighted by Gasteiger charge is 2.70. The van der Waals surface area contributed by atoms with E-state index in [1.165, 1.54) is 0 Å². The molecule has 1 heterocycles. The van der Waals surface area contributed by atoms with Crippen LogP contribution in [0.1, 0.15) is 26.7 Å². The molecule has 2 amide bonds. The molecule has 0 spiro atoms. The molecule has 22 heavy (non-hydrogen) atoms. The number of carbonyl (C=O) groups is 2. The molecule has 126 valence electrons. The van der Waals surface area contributed by atoms with Crippen molar-refractivity contribution in [3.05, 3.63) is 0 Å². The zero-order chi connectivity index (χ0) is 16.4. The number of hydrogen-bond acceptors (Lipinski definition) is 5. The van der Waals surface area contributed by atoms with Gasteiger partial charge in [-0.1, -0.05) is 13.8 Å². The van der Waals surface area contributed by atoms with Crippen LogP contribution in [0.2, 0.25) is 0 Å². The van der Waals surface area contributed by atoms with Crippen LogP contribution in [0.3, 0.4) is 0 Å². The first-order chi connectivity index (χ1) is 10.4. The van der Waals surface area contributed by atoms with Gasteiger partial charge in [-0.05, 0) is 12.8 Å². The van der Waals surface area contributed by atoms with Crippen molar-refractivity contribution in [1.29, 1.82) is 0 Å². The molecule has 4 N–H and O–H groups in total. The standard InChI is InChI=1S/C15H27N3O4/c1-14(2)12-10(5-4-7-22-12)15(14,16)13(20)18-9-11(19)17-6-8-21-3/h10,12H,4-9,16H2,1-3H3,(H,17,19)(H,18,20). The van der Waals surface area contributed by atoms with Gasteiger partial charge in [0.15, 0.2) is 0 Å². The highest BCUT2D eigenvalue weighted by atomic mass is 16.5. The number of nitrogens with two attached hydrogens (primary N) is 1. The summed E-state index contributed by atoms with van der Waals surface area (Å²) in [6.45, 7) is 5.42. The van der Waals surface area contributed by atoms with Crippen molar-refractivity contribution in [2.75, 3.05) is 33.4 Å². The summed E-state index contributed by atoms with van der Waals surface area (Å²) in [4.78, 5) is 24.2. The lowest BCUT2D eigenvalue weighted by molar-refractivity contribution is -0.225. The largest absolute Gasteiger partial charge is 0.383 e. The molecule has 2 rings (SSSR count). The van der Waals surface area contributed by atoms with Crippen molar-refractivity contribution >= 4 is 11.8 Å². The predicted molar refractivity (Wildman–Crippen MR) is 81.1 cm³/mol. The zero-order valence-corrected chi connectivity index (χ0v) is 13.6. The van der Waals surface area contributed by atoms with E-state index >= 15 is 0 Å². The summed E-state index contributed by atoms with van der Waals surface area (Å²) in [5, 5.41) is 5.33. The molecule has 0 bridgehead atoms. The van der Waals surface area contributed by atoms with E-state index < -0.39 is 11.0 Å². The fourth-order valence-corrected chi connectivity index (χ4v) is 3.70. The molecule has 0 radical (unpaired) electrons. The molecule has 7 nitrogen and oxygen atoms in total. The van der Waals surface area contributed by atoms with Crippen molar-refractivity contribution in [3.8, 4) is 0 Å². The fraction of sp³-hybridized carbons (Fsp3) is 0.867. The summed E-state index contributed by atoms with van der Waals surface area (Å²) in [6, 6.07) is 0. The first-order valence-corrected chi connectivity index (χ1v) is 7.80. The number of hydrogen-bond donors (Lipinski definition) is 3. The molecule has 1 aliphatic heterocycles. The lowest BCUT2D eigenvalue weighted by Crippen LogP contribution is -2.82. The third-order valence-electron chi connectivity index (χ3n) is 5.10. The second kappa shape index (κ2) is 6.52. The minimum atomic E-state index is -0.981. The quantitative estimate of drug-likeness (QED) is 0.568. The van der Waals surface area contributed by atoms with Crippen LogP contribution in [0.5, 0.6) is 0 Å². The number of nitrogens with one attached hydrogen (secondary N) is 2. The number of methoxy groups -OCH3 is 1. The molecule has 7 heteroatoms. The molecular weight excluding hydrogens is 286 g/mol. The third kappa shape index (κ3) is 2.73. The smallest absolute Gasteiger partial charge is 0.241 e. The van der Waals surface area contributed by atoms with Crippen molar-refractivity contribution in [2.24, 2.45) is 17.1 Å². The topological polar surface area (TPSA) is 103 Å². The first-order valence-electron chi connectivity index (χ1n) is 7.80. The van der Waals surface area contributed by atoms with Gasteiger partial charge in [0.1, 0.15) is 5.54 Å². The van der Waals surface area contributed by atoms with Gasteiger partial charge >= 0.3 is 0 Å². The lowest BCUT2D eigenvalue weighted by atomic mass is 9.46. The van der Waals surface area contributed by atoms with Gasteiger partial charge < -0.3 is 25.8 Å². The number of ether oxygens (including phenoxy) is 2. The average Bonchev–Trinajstić information content (AvgIpc) is 2.52. The maximum absolute atomic E-state index is 12.6. The summed E-state index contributed by atoms with van der Waals surface area (Å²) in [6.07, 6.45) is 1.83. The Morgan fingerprint density at radius 1 is 1.36 bits per heavy atom. The van der Waals surface area contributed by atoms with E-state index in [0.29, 0.717) is 13.2 Å². The molecular formula is C15H27N3O4. The monoisotopic (exact) mass is 313 g/mol. The molecule has 0 aromatic heterocycles. The second-order valence-electron chi connectivity index (χ2n) is 6.66. The van der Waals surface area contributed by atoms with Crippen molar-refractivity contribution in [2.45, 2.75) is 38.3 Å². The summed E-state index contributed by atoms with van der Waals surface area (Å²) >= 11 is 0. The van der Waals surface area contributed by atoms with Crippen LogP contribution in [-0.4, -0.2) is 56.9 Å². The summed E-state index contributed by atoms with van der Waals surface area (Å²) in [5.74, 6) is -0.499. The lowest BCUT2D eigenvalue weighted by Gasteiger charge is -2.65. The molecule has 0 aromatic carbocycles. The van der Waals surface area contributed by atoms with Crippen LogP contribution >= 0.6 is 0 Å². The Labute approximate surface area is 131 Å². The minimum Gasteiger partial charge on any atom is -0.383 e. The van der Waals surface area contributed by atoms with E-state index in [4.69, 9.17) is 15.2 Å². The molecule has 2 aliphatic rings. The van der Waals surface area contributed by atoms with Crippen LogP contribution < -0.4 is 16.4 Å². The Morgan fingerprint density at radius 3 is 2.77 bits per heavy atom. The van der Waals surface area contributed by atoms with Crippen molar-refractivity contribution in [1.82, 2.24) is 10.6 Å². The molecule has 3 unspecified atom stereocenters. The number of carbonyl (C=O) groups excluding carboxylic acids is 2. The van der Waals surface area contributed by atoms with Gasteiger partial charge in [-0.2, -0.15) is 0 Å². The minimum absolute atomic E-state index is 0.0209. The molecule has 1 saturated heterocycles. The van der Waals surface area contributed by atoms with Crippen LogP contribution in [0, 0.1) is 11.3 Å². The van der Waals surface area contributed by atoms with Crippen molar-refractivity contribution in [3.63, 3.8) is 0 Å². The summed E-state index contributed by atoms with van der Waals surface area (Å²) < 4.78 is 10.6. The van der Waals surface area contributed by atoms with Crippen LogP contribution in [0.4, 0.5) is 0 Å². The van der Waals surface area contributed by atoms with E-state index in [1.807, 2.05) is 13.8 Å². The maximum Gasteiger partial charge on any atom is 0.241 e. The summed E-state index contributed by atoms with van der Waals surface area (Å²) in [7, 11) is 1.56. The van der Waals surface area contributed by atoms with E-state index in [2.05, 4.69) is 10.6 Å². The van der Waals surface area contributed by atoms with Gasteiger partial charge in [0.05, 0.1) is 19.3 Å². The number of fused-ring (bicyclic) bond motifs is 1. The Balaban J connectivity index is 1.90. The molecule has 0 aromatic rings. The SMILES string of the molecule is COCCNC(=O)CNC(=O)C1(N)C2CCCOC2C1(C)C. The van der Waals surface area contributed by atoms with Gasteiger partial charge in [0, 0.05) is 31.6 Å². The van der Waals surface area contributed by atoms with Crippen LogP contribution in [-0.2, 0) is 19.1 Å². The molecule has 1 saturated carbocycles. The highest BCUT2D eigenvalue weighted by molar-refractivity contribution is 5.92. The second-order valence-corrected chi connectivity index (χ2v) is 6.66. The molecule has 2 fully saturated rings.